The summed E-state index contributed by atoms with van der Waals surface area (Å²) in [5.41, 5.74) is -0.629. The number of aromatic amines is 1. The number of rotatable bonds is 6. The van der Waals surface area contributed by atoms with Crippen LogP contribution in [0.5, 0.6) is 11.5 Å². The van der Waals surface area contributed by atoms with Gasteiger partial charge in [-0.05, 0) is 42.9 Å². The average Bonchev–Trinajstić information content (AvgIpc) is 3.21. The first-order valence-electron chi connectivity index (χ1n) is 12.5. The zero-order valence-electron chi connectivity index (χ0n) is 21.6. The Labute approximate surface area is 242 Å². The number of aromatic nitrogens is 2. The van der Waals surface area contributed by atoms with Crippen LogP contribution in [0.25, 0.3) is 11.0 Å². The predicted octanol–water partition coefficient (Wildman–Crippen LogP) is 7.21. The second kappa shape index (κ2) is 11.7. The predicted molar refractivity (Wildman–Crippen MR) is 149 cm³/mol. The fraction of sp³-hybridized carbons (Fsp3) is 0.259. The molecule has 1 fully saturated rings. The van der Waals surface area contributed by atoms with Crippen molar-refractivity contribution in [3.05, 3.63) is 75.8 Å². The molecule has 2 aromatic heterocycles. The molecule has 8 nitrogen and oxygen atoms in total. The van der Waals surface area contributed by atoms with Crippen LogP contribution < -0.4 is 15.4 Å². The molecular weight excluding hydrogens is 587 g/mol. The molecule has 0 saturated carbocycles. The third-order valence-corrected chi connectivity index (χ3v) is 7.39. The first-order valence-corrected chi connectivity index (χ1v) is 13.2. The molecule has 0 aliphatic carbocycles. The van der Waals surface area contributed by atoms with Gasteiger partial charge in [-0.25, -0.2) is 14.2 Å². The quantitative estimate of drug-likeness (QED) is 0.201. The Balaban J connectivity index is 1.26. The normalized spacial score (nSPS) is 14.8. The summed E-state index contributed by atoms with van der Waals surface area (Å²) in [4.78, 5) is 23.5. The van der Waals surface area contributed by atoms with Crippen molar-refractivity contribution >= 4 is 51.6 Å². The van der Waals surface area contributed by atoms with Crippen molar-refractivity contribution in [3.63, 3.8) is 0 Å². The van der Waals surface area contributed by atoms with Crippen LogP contribution in [0.3, 0.4) is 0 Å². The molecule has 0 radical (unpaired) electrons. The molecule has 1 saturated heterocycles. The van der Waals surface area contributed by atoms with Gasteiger partial charge in [-0.2, -0.15) is 13.2 Å². The van der Waals surface area contributed by atoms with E-state index in [1.807, 2.05) is 11.9 Å². The van der Waals surface area contributed by atoms with Crippen LogP contribution in [0.2, 0.25) is 10.2 Å². The van der Waals surface area contributed by atoms with Crippen LogP contribution in [0.15, 0.2) is 48.7 Å². The number of pyridine rings is 1. The monoisotopic (exact) mass is 610 g/mol. The highest BCUT2D eigenvalue weighted by atomic mass is 35.5. The highest BCUT2D eigenvalue weighted by Gasteiger charge is 2.34. The Kier molecular flexibility index (Phi) is 8.28. The molecular formula is C27H24Cl2F4N6O2. The lowest BCUT2D eigenvalue weighted by molar-refractivity contribution is -0.138. The maximum atomic E-state index is 14.8. The number of amides is 2. The van der Waals surface area contributed by atoms with Crippen molar-refractivity contribution in [2.45, 2.75) is 12.7 Å². The molecule has 0 spiro atoms. The molecule has 3 heterocycles. The number of carbonyl (C=O) groups excluding carboxylic acids is 1. The minimum atomic E-state index is -4.62. The number of hydrogen-bond donors (Lipinski definition) is 3. The van der Waals surface area contributed by atoms with E-state index >= 15 is 0 Å². The Morgan fingerprint density at radius 1 is 1.07 bits per heavy atom. The Hall–Kier alpha value is -3.58. The summed E-state index contributed by atoms with van der Waals surface area (Å²) in [5, 5.41) is 5.43. The van der Waals surface area contributed by atoms with E-state index in [4.69, 9.17) is 27.9 Å². The van der Waals surface area contributed by atoms with E-state index in [1.165, 1.54) is 36.5 Å². The summed E-state index contributed by atoms with van der Waals surface area (Å²) >= 11 is 12.2. The van der Waals surface area contributed by atoms with Crippen molar-refractivity contribution in [1.82, 2.24) is 19.8 Å². The maximum absolute atomic E-state index is 14.8. The van der Waals surface area contributed by atoms with Crippen LogP contribution in [-0.4, -0.2) is 59.0 Å². The number of alkyl halides is 3. The van der Waals surface area contributed by atoms with E-state index in [2.05, 4.69) is 25.5 Å². The molecule has 0 unspecified atom stereocenters. The molecule has 14 heteroatoms. The summed E-state index contributed by atoms with van der Waals surface area (Å²) < 4.78 is 62.1. The van der Waals surface area contributed by atoms with Gasteiger partial charge in [0.2, 0.25) is 0 Å². The number of likely N-dealkylation sites (N-methyl/N-ethyl adjacent to an activating group) is 1. The van der Waals surface area contributed by atoms with Gasteiger partial charge in [0.25, 0.3) is 0 Å². The first kappa shape index (κ1) is 28.9. The minimum absolute atomic E-state index is 0.0824. The zero-order valence-corrected chi connectivity index (χ0v) is 23.1. The van der Waals surface area contributed by atoms with E-state index in [0.29, 0.717) is 24.1 Å². The van der Waals surface area contributed by atoms with Gasteiger partial charge in [-0.1, -0.05) is 29.3 Å². The average molecular weight is 611 g/mol. The summed E-state index contributed by atoms with van der Waals surface area (Å²) in [6.45, 7) is 3.01. The number of anilines is 2. The molecule has 41 heavy (non-hydrogen) atoms. The molecule has 2 aromatic carbocycles. The van der Waals surface area contributed by atoms with Crippen molar-refractivity contribution in [1.29, 1.82) is 0 Å². The molecule has 1 aliphatic rings. The van der Waals surface area contributed by atoms with Crippen LogP contribution in [0.1, 0.15) is 11.1 Å². The van der Waals surface area contributed by atoms with Crippen LogP contribution in [-0.2, 0) is 12.7 Å². The Bertz CT molecular complexity index is 1590. The maximum Gasteiger partial charge on any atom is 0.416 e. The lowest BCUT2D eigenvalue weighted by Gasteiger charge is -2.33. The number of urea groups is 1. The lowest BCUT2D eigenvalue weighted by atomic mass is 10.0. The van der Waals surface area contributed by atoms with E-state index in [1.54, 1.807) is 0 Å². The number of ether oxygens (including phenoxy) is 1. The third kappa shape index (κ3) is 6.67. The van der Waals surface area contributed by atoms with Gasteiger partial charge in [0.05, 0.1) is 21.7 Å². The van der Waals surface area contributed by atoms with Crippen molar-refractivity contribution in [2.75, 3.05) is 43.9 Å². The van der Waals surface area contributed by atoms with Crippen molar-refractivity contribution < 1.29 is 27.1 Å². The smallest absolute Gasteiger partial charge is 0.416 e. The minimum Gasteiger partial charge on any atom is -0.456 e. The SMILES string of the molecule is CN1CCN(Cc2ccc(NC(=O)Nc3ccc(Oc4ccnc5[nH]c(Cl)c(Cl)c45)cc3F)cc2C(F)(F)F)CC1. The number of H-pyrrole nitrogens is 1. The molecule has 0 atom stereocenters. The molecule has 0 bridgehead atoms. The first-order chi connectivity index (χ1) is 19.5. The number of halogens is 6. The van der Waals surface area contributed by atoms with Crippen LogP contribution in [0, 0.1) is 5.82 Å². The van der Waals surface area contributed by atoms with Gasteiger partial charge in [-0.15, -0.1) is 0 Å². The zero-order chi connectivity index (χ0) is 29.3. The third-order valence-electron chi connectivity index (χ3n) is 6.63. The van der Waals surface area contributed by atoms with Gasteiger partial charge < -0.3 is 25.3 Å². The summed E-state index contributed by atoms with van der Waals surface area (Å²) in [5.74, 6) is -0.461. The van der Waals surface area contributed by atoms with E-state index < -0.39 is 23.6 Å². The summed E-state index contributed by atoms with van der Waals surface area (Å²) in [6.07, 6.45) is -3.16. The fourth-order valence-electron chi connectivity index (χ4n) is 4.48. The summed E-state index contributed by atoms with van der Waals surface area (Å²) in [7, 11) is 1.97. The highest BCUT2D eigenvalue weighted by Crippen LogP contribution is 2.38. The highest BCUT2D eigenvalue weighted by molar-refractivity contribution is 6.45. The molecule has 2 amide bonds. The number of carbonyl (C=O) groups is 1. The molecule has 4 aromatic rings. The van der Waals surface area contributed by atoms with E-state index in [-0.39, 0.29) is 45.2 Å². The topological polar surface area (TPSA) is 85.5 Å². The van der Waals surface area contributed by atoms with Crippen molar-refractivity contribution in [2.24, 2.45) is 0 Å². The largest absolute Gasteiger partial charge is 0.456 e. The van der Waals surface area contributed by atoms with Crippen molar-refractivity contribution in [3.8, 4) is 11.5 Å². The standard InChI is InChI=1S/C27H24Cl2F4N6O2/c1-38-8-10-39(11-9-38)14-15-2-3-16(12-18(15)27(31,32)33)35-26(40)36-20-5-4-17(13-19(20)30)41-21-6-7-34-25-22(21)23(28)24(29)37-25/h2-7,12-13H,8-11,14H2,1H3,(H,34,37)(H2,35,36,40). The number of fused-ring (bicyclic) bond motifs is 1. The number of benzene rings is 2. The molecule has 3 N–H and O–H groups in total. The van der Waals surface area contributed by atoms with E-state index in [9.17, 15) is 22.4 Å². The van der Waals surface area contributed by atoms with Gasteiger partial charge in [-0.3, -0.25) is 4.90 Å². The second-order valence-electron chi connectivity index (χ2n) is 9.56. The molecule has 216 valence electrons. The van der Waals surface area contributed by atoms with Gasteiger partial charge in [0.1, 0.15) is 28.1 Å². The lowest BCUT2D eigenvalue weighted by Crippen LogP contribution is -2.44. The number of piperazine rings is 1. The number of nitrogens with one attached hydrogen (secondary N) is 3. The van der Waals surface area contributed by atoms with Crippen LogP contribution in [0.4, 0.5) is 33.7 Å². The number of hydrogen-bond acceptors (Lipinski definition) is 5. The fourth-order valence-corrected chi connectivity index (χ4v) is 4.89. The van der Waals surface area contributed by atoms with Gasteiger partial charge in [0, 0.05) is 50.7 Å². The molecule has 5 rings (SSSR count). The van der Waals surface area contributed by atoms with Gasteiger partial charge >= 0.3 is 12.2 Å². The molecule has 1 aliphatic heterocycles. The number of nitrogens with zero attached hydrogens (tertiary/aromatic N) is 3. The van der Waals surface area contributed by atoms with E-state index in [0.717, 1.165) is 25.2 Å². The van der Waals surface area contributed by atoms with Gasteiger partial charge in [0.15, 0.2) is 0 Å². The summed E-state index contributed by atoms with van der Waals surface area (Å²) in [6, 6.07) is 7.94. The second-order valence-corrected chi connectivity index (χ2v) is 10.3. The Morgan fingerprint density at radius 3 is 2.54 bits per heavy atom. The van der Waals surface area contributed by atoms with Crippen LogP contribution >= 0.6 is 23.2 Å². The Morgan fingerprint density at radius 2 is 1.83 bits per heavy atom.